The zero-order valence-electron chi connectivity index (χ0n) is 19.7. The van der Waals surface area contributed by atoms with Crippen molar-refractivity contribution >= 4 is 54.5 Å². The maximum absolute atomic E-state index is 13.6. The first kappa shape index (κ1) is 24.5. The van der Waals surface area contributed by atoms with Crippen LogP contribution in [0.5, 0.6) is 0 Å². The van der Waals surface area contributed by atoms with E-state index in [0.29, 0.717) is 42.1 Å². The van der Waals surface area contributed by atoms with Gasteiger partial charge in [0.2, 0.25) is 0 Å². The second-order valence-corrected chi connectivity index (χ2v) is 10.6. The number of rotatable bonds is 4. The molecular formula is C26H23Br2N5O3. The quantitative estimate of drug-likeness (QED) is 0.378. The maximum Gasteiger partial charge on any atom is 0.332 e. The lowest BCUT2D eigenvalue weighted by molar-refractivity contribution is 0.0942. The van der Waals surface area contributed by atoms with Crippen molar-refractivity contribution in [2.75, 3.05) is 18.0 Å². The van der Waals surface area contributed by atoms with Crippen molar-refractivity contribution in [3.05, 3.63) is 89.9 Å². The Hall–Kier alpha value is -3.24. The predicted molar refractivity (Wildman–Crippen MR) is 148 cm³/mol. The lowest BCUT2D eigenvalue weighted by Gasteiger charge is -2.22. The number of carbonyl (C=O) groups is 1. The fourth-order valence-electron chi connectivity index (χ4n) is 4.57. The van der Waals surface area contributed by atoms with Crippen molar-refractivity contribution < 1.29 is 4.79 Å². The van der Waals surface area contributed by atoms with Crippen molar-refractivity contribution in [1.29, 1.82) is 0 Å². The van der Waals surface area contributed by atoms with Gasteiger partial charge in [0, 0.05) is 59.2 Å². The Balaban J connectivity index is 1.47. The molecule has 184 valence electrons. The molecule has 0 radical (unpaired) electrons. The molecule has 0 bridgehead atoms. The Kier molecular flexibility index (Phi) is 6.57. The number of nitrogens with zero attached hydrogens (tertiary/aromatic N) is 4. The van der Waals surface area contributed by atoms with E-state index in [4.69, 9.17) is 4.98 Å². The largest absolute Gasteiger partial charge is 0.356 e. The Bertz CT molecular complexity index is 1610. The highest BCUT2D eigenvalue weighted by Gasteiger charge is 2.27. The topological polar surface area (TPSA) is 89.2 Å². The lowest BCUT2D eigenvalue weighted by Crippen LogP contribution is -2.41. The highest BCUT2D eigenvalue weighted by Crippen LogP contribution is 2.32. The Morgan fingerprint density at radius 2 is 1.78 bits per heavy atom. The summed E-state index contributed by atoms with van der Waals surface area (Å²) in [4.78, 5) is 44.9. The smallest absolute Gasteiger partial charge is 0.332 e. The molecule has 0 saturated carbocycles. The molecule has 4 aromatic rings. The third kappa shape index (κ3) is 4.51. The van der Waals surface area contributed by atoms with Gasteiger partial charge < -0.3 is 10.2 Å². The van der Waals surface area contributed by atoms with Crippen LogP contribution in [0.15, 0.2) is 73.1 Å². The van der Waals surface area contributed by atoms with Crippen LogP contribution in [0.3, 0.4) is 0 Å². The molecule has 1 N–H and O–H groups in total. The normalized spacial score (nSPS) is 15.4. The van der Waals surface area contributed by atoms with Gasteiger partial charge in [-0.15, -0.1) is 0 Å². The number of amides is 1. The fourth-order valence-corrected chi connectivity index (χ4v) is 5.88. The van der Waals surface area contributed by atoms with Crippen molar-refractivity contribution in [2.24, 2.45) is 14.1 Å². The van der Waals surface area contributed by atoms with Gasteiger partial charge in [0.25, 0.3) is 11.5 Å². The molecule has 2 aromatic carbocycles. The van der Waals surface area contributed by atoms with Crippen molar-refractivity contribution in [3.63, 3.8) is 0 Å². The molecule has 0 aliphatic carbocycles. The van der Waals surface area contributed by atoms with E-state index in [0.717, 1.165) is 24.5 Å². The SMILES string of the molecule is Cn1c(N2CC[C@H](NC(=O)c3cc(-c4ccccc4)nc4c(Br)cc(Br)cc34)C2)cc(=O)n(C)c1=O. The third-order valence-corrected chi connectivity index (χ3v) is 7.56. The molecule has 0 unspecified atom stereocenters. The molecule has 1 saturated heterocycles. The maximum atomic E-state index is 13.6. The number of hydrogen-bond donors (Lipinski definition) is 1. The van der Waals surface area contributed by atoms with E-state index in [2.05, 4.69) is 37.2 Å². The molecule has 3 heterocycles. The summed E-state index contributed by atoms with van der Waals surface area (Å²) in [7, 11) is 3.11. The van der Waals surface area contributed by atoms with Crippen LogP contribution in [-0.4, -0.2) is 39.2 Å². The van der Waals surface area contributed by atoms with Gasteiger partial charge in [-0.1, -0.05) is 46.3 Å². The van der Waals surface area contributed by atoms with E-state index < -0.39 is 0 Å². The average Bonchev–Trinajstić information content (AvgIpc) is 3.33. The first-order valence-electron chi connectivity index (χ1n) is 11.4. The Morgan fingerprint density at radius 1 is 1.03 bits per heavy atom. The summed E-state index contributed by atoms with van der Waals surface area (Å²) < 4.78 is 4.16. The van der Waals surface area contributed by atoms with Crippen molar-refractivity contribution in [1.82, 2.24) is 19.4 Å². The van der Waals surface area contributed by atoms with Gasteiger partial charge in [-0.3, -0.25) is 18.7 Å². The zero-order chi connectivity index (χ0) is 25.6. The molecule has 36 heavy (non-hydrogen) atoms. The monoisotopic (exact) mass is 611 g/mol. The highest BCUT2D eigenvalue weighted by molar-refractivity contribution is 9.11. The minimum atomic E-state index is -0.377. The van der Waals surface area contributed by atoms with Crippen LogP contribution in [0.25, 0.3) is 22.2 Å². The second-order valence-electron chi connectivity index (χ2n) is 8.85. The van der Waals surface area contributed by atoms with E-state index >= 15 is 0 Å². The van der Waals surface area contributed by atoms with Crippen LogP contribution >= 0.6 is 31.9 Å². The molecule has 8 nitrogen and oxygen atoms in total. The number of benzene rings is 2. The Labute approximate surface area is 223 Å². The van der Waals surface area contributed by atoms with E-state index in [1.165, 1.54) is 17.7 Å². The average molecular weight is 613 g/mol. The van der Waals surface area contributed by atoms with Crippen LogP contribution < -0.4 is 21.5 Å². The van der Waals surface area contributed by atoms with E-state index in [1.807, 2.05) is 53.4 Å². The Morgan fingerprint density at radius 3 is 2.53 bits per heavy atom. The number of hydrogen-bond acceptors (Lipinski definition) is 5. The fraction of sp³-hybridized carbons (Fsp3) is 0.231. The molecule has 1 atom stereocenters. The molecule has 1 amide bonds. The number of carbonyl (C=O) groups excluding carboxylic acids is 1. The predicted octanol–water partition coefficient (Wildman–Crippen LogP) is 3.83. The zero-order valence-corrected chi connectivity index (χ0v) is 22.8. The van der Waals surface area contributed by atoms with Crippen molar-refractivity contribution in [3.8, 4) is 11.3 Å². The third-order valence-electron chi connectivity index (χ3n) is 6.49. The van der Waals surface area contributed by atoms with Crippen LogP contribution in [0, 0.1) is 0 Å². The number of anilines is 1. The number of aromatic nitrogens is 3. The van der Waals surface area contributed by atoms with E-state index in [1.54, 1.807) is 7.05 Å². The minimum absolute atomic E-state index is 0.143. The molecule has 10 heteroatoms. The molecular weight excluding hydrogens is 590 g/mol. The first-order valence-corrected chi connectivity index (χ1v) is 13.0. The van der Waals surface area contributed by atoms with Gasteiger partial charge in [0.05, 0.1) is 16.8 Å². The van der Waals surface area contributed by atoms with Gasteiger partial charge in [0.15, 0.2) is 0 Å². The number of fused-ring (bicyclic) bond motifs is 1. The summed E-state index contributed by atoms with van der Waals surface area (Å²) in [6.07, 6.45) is 0.692. The number of nitrogens with one attached hydrogen (secondary N) is 1. The first-order chi connectivity index (χ1) is 17.2. The molecule has 5 rings (SSSR count). The molecule has 0 spiro atoms. The summed E-state index contributed by atoms with van der Waals surface area (Å²) in [6.45, 7) is 1.11. The van der Waals surface area contributed by atoms with Gasteiger partial charge in [-0.25, -0.2) is 9.78 Å². The van der Waals surface area contributed by atoms with Gasteiger partial charge in [-0.05, 0) is 40.5 Å². The van der Waals surface area contributed by atoms with Gasteiger partial charge in [-0.2, -0.15) is 0 Å². The van der Waals surface area contributed by atoms with E-state index in [-0.39, 0.29) is 23.2 Å². The summed E-state index contributed by atoms with van der Waals surface area (Å²) in [5.74, 6) is 0.350. The number of pyridine rings is 1. The standard InChI is InChI=1S/C26H23Br2N5O3/c1-31-22(13-23(34)32(2)26(31)36)33-9-8-17(14-33)29-25(35)19-12-21(15-6-4-3-5-7-15)30-24-18(19)10-16(27)11-20(24)28/h3-7,10-13,17H,8-9,14H2,1-2H3,(H,29,35)/t17-/m0/s1. The number of halogens is 2. The lowest BCUT2D eigenvalue weighted by atomic mass is 10.0. The summed E-state index contributed by atoms with van der Waals surface area (Å²) >= 11 is 7.12. The van der Waals surface area contributed by atoms with Crippen LogP contribution in [-0.2, 0) is 14.1 Å². The minimum Gasteiger partial charge on any atom is -0.356 e. The molecule has 1 aliphatic heterocycles. The second kappa shape index (κ2) is 9.67. The van der Waals surface area contributed by atoms with Crippen LogP contribution in [0.4, 0.5) is 5.82 Å². The van der Waals surface area contributed by atoms with Crippen molar-refractivity contribution in [2.45, 2.75) is 12.5 Å². The summed E-state index contributed by atoms with van der Waals surface area (Å²) in [5, 5.41) is 3.89. The van der Waals surface area contributed by atoms with E-state index in [9.17, 15) is 14.4 Å². The summed E-state index contributed by atoms with van der Waals surface area (Å²) in [6, 6.07) is 16.7. The van der Waals surface area contributed by atoms with Gasteiger partial charge >= 0.3 is 5.69 Å². The summed E-state index contributed by atoms with van der Waals surface area (Å²) in [5.41, 5.74) is 2.13. The van der Waals surface area contributed by atoms with Gasteiger partial charge in [0.1, 0.15) is 5.82 Å². The van der Waals surface area contributed by atoms with Crippen LogP contribution in [0.1, 0.15) is 16.8 Å². The molecule has 1 fully saturated rings. The highest BCUT2D eigenvalue weighted by atomic mass is 79.9. The molecule has 1 aliphatic rings. The van der Waals surface area contributed by atoms with Crippen LogP contribution in [0.2, 0.25) is 0 Å². The molecule has 2 aromatic heterocycles.